The van der Waals surface area contributed by atoms with Crippen LogP contribution in [-0.2, 0) is 17.9 Å². The fourth-order valence-electron chi connectivity index (χ4n) is 3.55. The Bertz CT molecular complexity index is 780. The van der Waals surface area contributed by atoms with E-state index in [1.54, 1.807) is 6.92 Å². The molecule has 4 heteroatoms. The van der Waals surface area contributed by atoms with Crippen molar-refractivity contribution in [3.8, 4) is 5.75 Å². The Balaban J connectivity index is 1.47. The summed E-state index contributed by atoms with van der Waals surface area (Å²) in [6.07, 6.45) is 3.46. The molecule has 1 heterocycles. The number of ether oxygens (including phenoxy) is 1. The Hall–Kier alpha value is -2.33. The first-order valence-electron chi connectivity index (χ1n) is 10.3. The van der Waals surface area contributed by atoms with Gasteiger partial charge in [-0.2, -0.15) is 0 Å². The lowest BCUT2D eigenvalue weighted by Crippen LogP contribution is -2.36. The third-order valence-electron chi connectivity index (χ3n) is 5.36. The predicted octanol–water partition coefficient (Wildman–Crippen LogP) is 4.37. The topological polar surface area (TPSA) is 41.6 Å². The van der Waals surface area contributed by atoms with E-state index in [9.17, 15) is 4.79 Å². The smallest absolute Gasteiger partial charge is 0.261 e. The van der Waals surface area contributed by atoms with Crippen LogP contribution >= 0.6 is 0 Å². The number of hydrogen-bond donors (Lipinski definition) is 1. The molecule has 28 heavy (non-hydrogen) atoms. The Labute approximate surface area is 168 Å². The fourth-order valence-corrected chi connectivity index (χ4v) is 3.55. The van der Waals surface area contributed by atoms with E-state index in [4.69, 9.17) is 4.74 Å². The second-order valence-electron chi connectivity index (χ2n) is 7.90. The first-order chi connectivity index (χ1) is 13.5. The summed E-state index contributed by atoms with van der Waals surface area (Å²) < 4.78 is 5.86. The van der Waals surface area contributed by atoms with Crippen molar-refractivity contribution < 1.29 is 9.53 Å². The molecule has 1 amide bonds. The molecule has 2 aromatic carbocycles. The number of likely N-dealkylation sites (tertiary alicyclic amines) is 1. The highest BCUT2D eigenvalue weighted by Gasteiger charge is 2.15. The van der Waals surface area contributed by atoms with E-state index in [0.29, 0.717) is 6.54 Å². The van der Waals surface area contributed by atoms with Crippen LogP contribution in [0.25, 0.3) is 0 Å². The lowest BCUT2D eigenvalue weighted by atomic mass is 10.1. The van der Waals surface area contributed by atoms with Crippen LogP contribution < -0.4 is 10.1 Å². The van der Waals surface area contributed by atoms with E-state index < -0.39 is 6.10 Å². The van der Waals surface area contributed by atoms with E-state index >= 15 is 0 Å². The molecule has 0 saturated carbocycles. The van der Waals surface area contributed by atoms with Gasteiger partial charge in [0, 0.05) is 13.1 Å². The Morgan fingerprint density at radius 2 is 1.71 bits per heavy atom. The minimum absolute atomic E-state index is 0.0988. The highest BCUT2D eigenvalue weighted by molar-refractivity contribution is 5.80. The maximum absolute atomic E-state index is 12.4. The standard InChI is InChI=1S/C24H32N2O2/c1-18-7-8-19(2)23(15-18)28-20(3)24(27)25-16-21-9-11-22(12-10-21)17-26-13-5-4-6-14-26/h7-12,15,20H,4-6,13-14,16-17H2,1-3H3,(H,25,27)/t20-/m1/s1. The molecule has 0 aromatic heterocycles. The van der Waals surface area contributed by atoms with Crippen LogP contribution in [0.4, 0.5) is 0 Å². The summed E-state index contributed by atoms with van der Waals surface area (Å²) in [5, 5.41) is 2.98. The van der Waals surface area contributed by atoms with Crippen LogP contribution in [0.3, 0.4) is 0 Å². The van der Waals surface area contributed by atoms with Gasteiger partial charge in [-0.3, -0.25) is 9.69 Å². The summed E-state index contributed by atoms with van der Waals surface area (Å²) in [7, 11) is 0. The van der Waals surface area contributed by atoms with Crippen molar-refractivity contribution in [1.29, 1.82) is 0 Å². The largest absolute Gasteiger partial charge is 0.481 e. The van der Waals surface area contributed by atoms with E-state index in [2.05, 4.69) is 34.5 Å². The van der Waals surface area contributed by atoms with Gasteiger partial charge in [0.05, 0.1) is 0 Å². The summed E-state index contributed by atoms with van der Waals surface area (Å²) in [5.74, 6) is 0.669. The molecule has 2 aromatic rings. The average Bonchev–Trinajstić information content (AvgIpc) is 2.70. The molecule has 0 aliphatic carbocycles. The molecule has 1 aliphatic heterocycles. The summed E-state index contributed by atoms with van der Waals surface area (Å²) in [4.78, 5) is 14.9. The Morgan fingerprint density at radius 3 is 2.43 bits per heavy atom. The van der Waals surface area contributed by atoms with Gasteiger partial charge >= 0.3 is 0 Å². The number of aryl methyl sites for hydroxylation is 2. The lowest BCUT2D eigenvalue weighted by Gasteiger charge is -2.26. The third kappa shape index (κ3) is 5.83. The molecule has 1 saturated heterocycles. The first kappa shape index (κ1) is 20.4. The number of carbonyl (C=O) groups excluding carboxylic acids is 1. The predicted molar refractivity (Wildman–Crippen MR) is 113 cm³/mol. The third-order valence-corrected chi connectivity index (χ3v) is 5.36. The van der Waals surface area contributed by atoms with E-state index in [1.165, 1.54) is 37.9 Å². The van der Waals surface area contributed by atoms with Gasteiger partial charge in [0.2, 0.25) is 0 Å². The molecule has 150 valence electrons. The van der Waals surface area contributed by atoms with Gasteiger partial charge in [0.25, 0.3) is 5.91 Å². The number of amides is 1. The molecule has 0 bridgehead atoms. The van der Waals surface area contributed by atoms with Crippen molar-refractivity contribution in [2.24, 2.45) is 0 Å². The van der Waals surface area contributed by atoms with Crippen molar-refractivity contribution >= 4 is 5.91 Å². The van der Waals surface area contributed by atoms with Gasteiger partial charge in [-0.05, 0) is 75.0 Å². The molecule has 3 rings (SSSR count). The minimum atomic E-state index is -0.529. The number of piperidine rings is 1. The van der Waals surface area contributed by atoms with Crippen molar-refractivity contribution in [1.82, 2.24) is 10.2 Å². The van der Waals surface area contributed by atoms with Gasteiger partial charge in [-0.25, -0.2) is 0 Å². The van der Waals surface area contributed by atoms with Crippen molar-refractivity contribution in [3.05, 3.63) is 64.7 Å². The van der Waals surface area contributed by atoms with Gasteiger partial charge in [-0.15, -0.1) is 0 Å². The van der Waals surface area contributed by atoms with Gasteiger partial charge in [-0.1, -0.05) is 42.8 Å². The highest BCUT2D eigenvalue weighted by atomic mass is 16.5. The zero-order chi connectivity index (χ0) is 19.9. The van der Waals surface area contributed by atoms with Crippen LogP contribution in [0.1, 0.15) is 48.4 Å². The molecule has 0 radical (unpaired) electrons. The van der Waals surface area contributed by atoms with Crippen molar-refractivity contribution in [3.63, 3.8) is 0 Å². The molecular formula is C24H32N2O2. The molecule has 0 spiro atoms. The number of rotatable bonds is 7. The maximum Gasteiger partial charge on any atom is 0.261 e. The molecule has 1 aliphatic rings. The number of nitrogens with one attached hydrogen (secondary N) is 1. The Morgan fingerprint density at radius 1 is 1.04 bits per heavy atom. The molecule has 1 fully saturated rings. The summed E-state index contributed by atoms with van der Waals surface area (Å²) in [6.45, 7) is 9.75. The number of hydrogen-bond acceptors (Lipinski definition) is 3. The Kier molecular flexibility index (Phi) is 7.10. The second kappa shape index (κ2) is 9.74. The minimum Gasteiger partial charge on any atom is -0.481 e. The van der Waals surface area contributed by atoms with Crippen molar-refractivity contribution in [2.45, 2.75) is 59.2 Å². The SMILES string of the molecule is Cc1ccc(C)c(O[C@H](C)C(=O)NCc2ccc(CN3CCCCC3)cc2)c1. The zero-order valence-corrected chi connectivity index (χ0v) is 17.3. The second-order valence-corrected chi connectivity index (χ2v) is 7.90. The van der Waals surface area contributed by atoms with E-state index in [0.717, 1.165) is 29.0 Å². The van der Waals surface area contributed by atoms with Crippen molar-refractivity contribution in [2.75, 3.05) is 13.1 Å². The normalized spacial score (nSPS) is 15.8. The van der Waals surface area contributed by atoms with E-state index in [1.807, 2.05) is 32.0 Å². The molecular weight excluding hydrogens is 348 g/mol. The first-order valence-corrected chi connectivity index (χ1v) is 10.3. The van der Waals surface area contributed by atoms with Gasteiger partial charge in [0.1, 0.15) is 5.75 Å². The molecule has 1 atom stereocenters. The molecule has 0 unspecified atom stereocenters. The summed E-state index contributed by atoms with van der Waals surface area (Å²) >= 11 is 0. The number of nitrogens with zero attached hydrogens (tertiary/aromatic N) is 1. The van der Waals surface area contributed by atoms with Gasteiger partial charge < -0.3 is 10.1 Å². The monoisotopic (exact) mass is 380 g/mol. The van der Waals surface area contributed by atoms with Crippen LogP contribution in [0, 0.1) is 13.8 Å². The quantitative estimate of drug-likeness (QED) is 0.775. The van der Waals surface area contributed by atoms with Crippen LogP contribution in [-0.4, -0.2) is 30.0 Å². The number of carbonyl (C=O) groups is 1. The maximum atomic E-state index is 12.4. The summed E-state index contributed by atoms with van der Waals surface area (Å²) in [5.41, 5.74) is 4.60. The number of benzene rings is 2. The van der Waals surface area contributed by atoms with Gasteiger partial charge in [0.15, 0.2) is 6.10 Å². The summed E-state index contributed by atoms with van der Waals surface area (Å²) in [6, 6.07) is 14.6. The zero-order valence-electron chi connectivity index (χ0n) is 17.3. The molecule has 4 nitrogen and oxygen atoms in total. The average molecular weight is 381 g/mol. The van der Waals surface area contributed by atoms with Crippen LogP contribution in [0.5, 0.6) is 5.75 Å². The van der Waals surface area contributed by atoms with Crippen LogP contribution in [0.2, 0.25) is 0 Å². The fraction of sp³-hybridized carbons (Fsp3) is 0.458. The van der Waals surface area contributed by atoms with Crippen LogP contribution in [0.15, 0.2) is 42.5 Å². The highest BCUT2D eigenvalue weighted by Crippen LogP contribution is 2.20. The lowest BCUT2D eigenvalue weighted by molar-refractivity contribution is -0.127. The van der Waals surface area contributed by atoms with E-state index in [-0.39, 0.29) is 5.91 Å². The molecule has 1 N–H and O–H groups in total.